The van der Waals surface area contributed by atoms with Gasteiger partial charge in [0.15, 0.2) is 5.13 Å². The largest absolute Gasteiger partial charge is 0.330 e. The van der Waals surface area contributed by atoms with E-state index in [1.54, 1.807) is 11.1 Å². The zero-order valence-electron chi connectivity index (χ0n) is 7.44. The number of aromatic nitrogens is 1. The summed E-state index contributed by atoms with van der Waals surface area (Å²) < 4.78 is 0.601. The van der Waals surface area contributed by atoms with Crippen LogP contribution < -0.4 is 10.6 Å². The first-order chi connectivity index (χ1) is 6.70. The van der Waals surface area contributed by atoms with Crippen molar-refractivity contribution in [2.24, 2.45) is 11.7 Å². The highest BCUT2D eigenvalue weighted by Gasteiger charge is 2.31. The molecule has 1 unspecified atom stereocenters. The molecular weight excluding hydrogens is 222 g/mol. The van der Waals surface area contributed by atoms with Crippen LogP contribution in [-0.4, -0.2) is 24.0 Å². The number of rotatable bonds is 2. The van der Waals surface area contributed by atoms with Crippen LogP contribution in [0.1, 0.15) is 6.42 Å². The molecule has 1 saturated heterocycles. The predicted octanol–water partition coefficient (Wildman–Crippen LogP) is 1.11. The van der Waals surface area contributed by atoms with E-state index in [9.17, 15) is 4.79 Å². The Kier molecular flexibility index (Phi) is 2.71. The Hall–Kier alpha value is -0.650. The molecule has 0 spiro atoms. The fourth-order valence-electron chi connectivity index (χ4n) is 1.50. The third-order valence-corrected chi connectivity index (χ3v) is 3.37. The van der Waals surface area contributed by atoms with Crippen LogP contribution in [0.2, 0.25) is 4.34 Å². The third kappa shape index (κ3) is 1.75. The highest BCUT2D eigenvalue weighted by Crippen LogP contribution is 2.30. The number of nitrogens with zero attached hydrogens (tertiary/aromatic N) is 2. The van der Waals surface area contributed by atoms with Crippen molar-refractivity contribution in [1.82, 2.24) is 4.98 Å². The molecule has 2 N–H and O–H groups in total. The van der Waals surface area contributed by atoms with E-state index in [0.29, 0.717) is 29.0 Å². The predicted molar refractivity (Wildman–Crippen MR) is 56.6 cm³/mol. The summed E-state index contributed by atoms with van der Waals surface area (Å²) in [5.74, 6) is 0.344. The number of thiazole rings is 1. The van der Waals surface area contributed by atoms with Gasteiger partial charge in [0, 0.05) is 13.0 Å². The lowest BCUT2D eigenvalue weighted by atomic mass is 10.1. The molecule has 0 saturated carbocycles. The smallest absolute Gasteiger partial charge is 0.229 e. The SMILES string of the molecule is NCC1CC(=O)N(c2ncc(Cl)s2)C1. The van der Waals surface area contributed by atoms with Gasteiger partial charge in [-0.2, -0.15) is 0 Å². The van der Waals surface area contributed by atoms with Crippen LogP contribution in [0.5, 0.6) is 0 Å². The monoisotopic (exact) mass is 231 g/mol. The van der Waals surface area contributed by atoms with Crippen molar-refractivity contribution >= 4 is 34.0 Å². The van der Waals surface area contributed by atoms with Gasteiger partial charge in [-0.15, -0.1) is 0 Å². The van der Waals surface area contributed by atoms with Gasteiger partial charge in [-0.25, -0.2) is 4.98 Å². The molecule has 76 valence electrons. The number of amides is 1. The molecule has 0 radical (unpaired) electrons. The Labute approximate surface area is 90.7 Å². The second kappa shape index (κ2) is 3.84. The molecule has 0 aliphatic carbocycles. The fourth-order valence-corrected chi connectivity index (χ4v) is 2.42. The van der Waals surface area contributed by atoms with Crippen LogP contribution in [0.3, 0.4) is 0 Å². The minimum Gasteiger partial charge on any atom is -0.330 e. The molecular formula is C8H10ClN3OS. The number of anilines is 1. The highest BCUT2D eigenvalue weighted by molar-refractivity contribution is 7.19. The topological polar surface area (TPSA) is 59.2 Å². The summed E-state index contributed by atoms with van der Waals surface area (Å²) in [6, 6.07) is 0. The fraction of sp³-hybridized carbons (Fsp3) is 0.500. The van der Waals surface area contributed by atoms with Crippen molar-refractivity contribution in [1.29, 1.82) is 0 Å². The van der Waals surface area contributed by atoms with E-state index in [0.717, 1.165) is 0 Å². The molecule has 1 aliphatic rings. The maximum Gasteiger partial charge on any atom is 0.229 e. The van der Waals surface area contributed by atoms with Gasteiger partial charge in [-0.3, -0.25) is 9.69 Å². The van der Waals surface area contributed by atoms with Crippen LogP contribution in [0, 0.1) is 5.92 Å². The molecule has 2 rings (SSSR count). The first-order valence-corrected chi connectivity index (χ1v) is 5.52. The first-order valence-electron chi connectivity index (χ1n) is 4.32. The van der Waals surface area contributed by atoms with Crippen molar-refractivity contribution in [2.45, 2.75) is 6.42 Å². The molecule has 0 bridgehead atoms. The average molecular weight is 232 g/mol. The van der Waals surface area contributed by atoms with Crippen LogP contribution in [-0.2, 0) is 4.79 Å². The molecule has 1 aromatic rings. The Morgan fingerprint density at radius 2 is 2.57 bits per heavy atom. The van der Waals surface area contributed by atoms with Crippen molar-refractivity contribution in [3.8, 4) is 0 Å². The van der Waals surface area contributed by atoms with Crippen molar-refractivity contribution in [2.75, 3.05) is 18.0 Å². The number of halogens is 1. The zero-order chi connectivity index (χ0) is 10.1. The summed E-state index contributed by atoms with van der Waals surface area (Å²) in [5, 5.41) is 0.677. The van der Waals surface area contributed by atoms with Gasteiger partial charge in [0.05, 0.1) is 6.20 Å². The van der Waals surface area contributed by atoms with Gasteiger partial charge < -0.3 is 5.73 Å². The zero-order valence-corrected chi connectivity index (χ0v) is 9.01. The first kappa shape index (κ1) is 9.89. The lowest BCUT2D eigenvalue weighted by Crippen LogP contribution is -2.25. The van der Waals surface area contributed by atoms with Crippen LogP contribution in [0.4, 0.5) is 5.13 Å². The molecule has 14 heavy (non-hydrogen) atoms. The summed E-state index contributed by atoms with van der Waals surface area (Å²) in [6.45, 7) is 1.21. The molecule has 0 aromatic carbocycles. The van der Waals surface area contributed by atoms with Crippen molar-refractivity contribution in [3.05, 3.63) is 10.5 Å². The standard InChI is InChI=1S/C8H10ClN3OS/c9-6-3-11-8(14-6)12-4-5(2-10)1-7(12)13/h3,5H,1-2,4,10H2. The lowest BCUT2D eigenvalue weighted by Gasteiger charge is -2.11. The van der Waals surface area contributed by atoms with Gasteiger partial charge in [0.25, 0.3) is 0 Å². The maximum atomic E-state index is 11.5. The Balaban J connectivity index is 2.16. The summed E-state index contributed by atoms with van der Waals surface area (Å²) >= 11 is 7.07. The van der Waals surface area contributed by atoms with Gasteiger partial charge in [-0.05, 0) is 12.5 Å². The van der Waals surface area contributed by atoms with E-state index in [-0.39, 0.29) is 11.8 Å². The summed E-state index contributed by atoms with van der Waals surface area (Å²) in [5.41, 5.74) is 5.52. The van der Waals surface area contributed by atoms with E-state index in [2.05, 4.69) is 4.98 Å². The molecule has 1 aromatic heterocycles. The quantitative estimate of drug-likeness (QED) is 0.830. The Bertz CT molecular complexity index is 354. The van der Waals surface area contributed by atoms with Crippen LogP contribution >= 0.6 is 22.9 Å². The Morgan fingerprint density at radius 3 is 3.07 bits per heavy atom. The molecule has 1 aliphatic heterocycles. The molecule has 1 atom stereocenters. The van der Waals surface area contributed by atoms with Gasteiger partial charge in [-0.1, -0.05) is 22.9 Å². The number of nitrogens with two attached hydrogens (primary N) is 1. The van der Waals surface area contributed by atoms with Crippen molar-refractivity contribution in [3.63, 3.8) is 0 Å². The van der Waals surface area contributed by atoms with E-state index < -0.39 is 0 Å². The minimum absolute atomic E-state index is 0.0893. The summed E-state index contributed by atoms with van der Waals surface area (Å²) in [6.07, 6.45) is 2.08. The highest BCUT2D eigenvalue weighted by atomic mass is 35.5. The minimum atomic E-state index is 0.0893. The lowest BCUT2D eigenvalue weighted by molar-refractivity contribution is -0.117. The molecule has 2 heterocycles. The van der Waals surface area contributed by atoms with Gasteiger partial charge in [0.2, 0.25) is 5.91 Å². The second-order valence-corrected chi connectivity index (χ2v) is 4.90. The molecule has 1 amide bonds. The molecule has 4 nitrogen and oxygen atoms in total. The van der Waals surface area contributed by atoms with E-state index in [1.165, 1.54) is 11.3 Å². The number of hydrogen-bond donors (Lipinski definition) is 1. The molecule has 1 fully saturated rings. The average Bonchev–Trinajstić information content (AvgIpc) is 2.71. The van der Waals surface area contributed by atoms with Crippen molar-refractivity contribution < 1.29 is 4.79 Å². The molecule has 6 heteroatoms. The van der Waals surface area contributed by atoms with Crippen LogP contribution in [0.15, 0.2) is 6.20 Å². The van der Waals surface area contributed by atoms with E-state index in [4.69, 9.17) is 17.3 Å². The number of carbonyl (C=O) groups excluding carboxylic acids is 1. The van der Waals surface area contributed by atoms with Gasteiger partial charge >= 0.3 is 0 Å². The number of carbonyl (C=O) groups is 1. The van der Waals surface area contributed by atoms with Crippen LogP contribution in [0.25, 0.3) is 0 Å². The summed E-state index contributed by atoms with van der Waals surface area (Å²) in [4.78, 5) is 17.3. The second-order valence-electron chi connectivity index (χ2n) is 3.26. The Morgan fingerprint density at radius 1 is 1.79 bits per heavy atom. The maximum absolute atomic E-state index is 11.5. The van der Waals surface area contributed by atoms with Gasteiger partial charge in [0.1, 0.15) is 4.34 Å². The van der Waals surface area contributed by atoms with E-state index in [1.807, 2.05) is 0 Å². The third-order valence-electron chi connectivity index (χ3n) is 2.23. The normalized spacial score (nSPS) is 22.0. The number of hydrogen-bond acceptors (Lipinski definition) is 4. The summed E-state index contributed by atoms with van der Waals surface area (Å²) in [7, 11) is 0. The van der Waals surface area contributed by atoms with E-state index >= 15 is 0 Å².